The van der Waals surface area contributed by atoms with Gasteiger partial charge < -0.3 is 26.2 Å². The first-order valence-corrected chi connectivity index (χ1v) is 9.39. The smallest absolute Gasteiger partial charge is 0.231 e. The zero-order chi connectivity index (χ0) is 19.6. The Bertz CT molecular complexity index is 619. The predicted octanol–water partition coefficient (Wildman–Crippen LogP) is 0.851. The van der Waals surface area contributed by atoms with E-state index in [4.69, 9.17) is 10.5 Å². The minimum atomic E-state index is -0.677. The van der Waals surface area contributed by atoms with Gasteiger partial charge in [0.25, 0.3) is 0 Å². The van der Waals surface area contributed by atoms with Crippen molar-refractivity contribution < 1.29 is 14.6 Å². The highest BCUT2D eigenvalue weighted by Crippen LogP contribution is 2.17. The van der Waals surface area contributed by atoms with E-state index in [1.807, 2.05) is 31.2 Å². The summed E-state index contributed by atoms with van der Waals surface area (Å²) in [4.78, 5) is 17.6. The molecule has 1 heterocycles. The molecule has 1 aromatic carbocycles. The Balaban J connectivity index is 0.00000392. The van der Waals surface area contributed by atoms with Crippen LogP contribution in [0, 0.1) is 0 Å². The maximum Gasteiger partial charge on any atom is 0.231 e. The third kappa shape index (κ3) is 8.19. The highest BCUT2D eigenvalue weighted by molar-refractivity contribution is 14.0. The second kappa shape index (κ2) is 12.8. The van der Waals surface area contributed by atoms with Crippen molar-refractivity contribution in [1.29, 1.82) is 0 Å². The van der Waals surface area contributed by atoms with Crippen LogP contribution in [0.15, 0.2) is 29.3 Å². The molecule has 0 radical (unpaired) electrons. The number of nitrogens with one attached hydrogen (secondary N) is 2. The monoisotopic (exact) mass is 505 g/mol. The Morgan fingerprint density at radius 1 is 1.36 bits per heavy atom. The van der Waals surface area contributed by atoms with Crippen LogP contribution >= 0.6 is 24.0 Å². The molecule has 0 bridgehead atoms. The number of aliphatic imine (C=N–C) groups is 1. The minimum Gasteiger partial charge on any atom is -0.497 e. The van der Waals surface area contributed by atoms with Gasteiger partial charge in [-0.3, -0.25) is 14.7 Å². The zero-order valence-electron chi connectivity index (χ0n) is 16.6. The largest absolute Gasteiger partial charge is 0.497 e. The summed E-state index contributed by atoms with van der Waals surface area (Å²) >= 11 is 0. The molecule has 0 aromatic heterocycles. The van der Waals surface area contributed by atoms with Crippen molar-refractivity contribution in [2.75, 3.05) is 39.8 Å². The number of methoxy groups -OCH3 is 1. The van der Waals surface area contributed by atoms with Crippen molar-refractivity contribution in [2.45, 2.75) is 31.9 Å². The first kappa shape index (κ1) is 24.4. The molecule has 1 amide bonds. The van der Waals surface area contributed by atoms with Gasteiger partial charge in [-0.1, -0.05) is 12.1 Å². The van der Waals surface area contributed by atoms with Gasteiger partial charge in [-0.05, 0) is 37.5 Å². The molecule has 1 aromatic rings. The highest BCUT2D eigenvalue weighted by Gasteiger charge is 2.21. The van der Waals surface area contributed by atoms with Crippen molar-refractivity contribution in [3.05, 3.63) is 29.8 Å². The summed E-state index contributed by atoms with van der Waals surface area (Å²) in [6.07, 6.45) is 1.15. The molecule has 1 unspecified atom stereocenters. The number of primary amides is 1. The number of hydrogen-bond donors (Lipinski definition) is 4. The fraction of sp³-hybridized carbons (Fsp3) is 0.579. The standard InChI is InChI=1S/C19H31N5O3.HI/c1-3-21-19(23-15-8-10-24(11-9-15)13-18(20)26)22-12-17(25)14-4-6-16(27-2)7-5-14;/h4-7,15,17,25H,3,8-13H2,1-2H3,(H2,20,26)(H2,21,22,23);1H. The Labute approximate surface area is 183 Å². The lowest BCUT2D eigenvalue weighted by atomic mass is 10.1. The van der Waals surface area contributed by atoms with E-state index in [-0.39, 0.29) is 42.5 Å². The van der Waals surface area contributed by atoms with E-state index in [2.05, 4.69) is 20.5 Å². The number of aliphatic hydroxyl groups is 1. The Kier molecular flexibility index (Phi) is 11.2. The molecule has 158 valence electrons. The second-order valence-corrected chi connectivity index (χ2v) is 6.67. The molecular weight excluding hydrogens is 473 g/mol. The number of likely N-dealkylation sites (tertiary alicyclic amines) is 1. The Hall–Kier alpha value is -1.59. The Morgan fingerprint density at radius 3 is 2.54 bits per heavy atom. The van der Waals surface area contributed by atoms with E-state index in [0.29, 0.717) is 12.5 Å². The summed E-state index contributed by atoms with van der Waals surface area (Å²) in [5, 5.41) is 17.0. The average Bonchev–Trinajstić information content (AvgIpc) is 2.67. The summed E-state index contributed by atoms with van der Waals surface area (Å²) in [5.41, 5.74) is 6.06. The number of piperidine rings is 1. The first-order chi connectivity index (χ1) is 13.0. The first-order valence-electron chi connectivity index (χ1n) is 9.39. The van der Waals surface area contributed by atoms with Gasteiger partial charge in [-0.15, -0.1) is 24.0 Å². The number of rotatable bonds is 8. The van der Waals surface area contributed by atoms with Gasteiger partial charge in [0, 0.05) is 25.7 Å². The van der Waals surface area contributed by atoms with Gasteiger partial charge in [0.2, 0.25) is 5.91 Å². The normalized spacial score (nSPS) is 16.8. The fourth-order valence-corrected chi connectivity index (χ4v) is 3.08. The molecule has 1 aliphatic rings. The van der Waals surface area contributed by atoms with Crippen molar-refractivity contribution in [2.24, 2.45) is 10.7 Å². The molecule has 0 aliphatic carbocycles. The molecule has 0 saturated carbocycles. The lowest BCUT2D eigenvalue weighted by molar-refractivity contribution is -0.119. The molecule has 1 saturated heterocycles. The number of amides is 1. The van der Waals surface area contributed by atoms with Crippen LogP contribution < -0.4 is 21.1 Å². The maximum absolute atomic E-state index is 11.0. The summed E-state index contributed by atoms with van der Waals surface area (Å²) in [7, 11) is 1.61. The summed E-state index contributed by atoms with van der Waals surface area (Å²) in [6, 6.07) is 7.61. The van der Waals surface area contributed by atoms with E-state index >= 15 is 0 Å². The van der Waals surface area contributed by atoms with Gasteiger partial charge in [0.05, 0.1) is 26.3 Å². The molecule has 8 nitrogen and oxygen atoms in total. The van der Waals surface area contributed by atoms with Crippen molar-refractivity contribution >= 4 is 35.8 Å². The van der Waals surface area contributed by atoms with E-state index in [9.17, 15) is 9.90 Å². The average molecular weight is 505 g/mol. The predicted molar refractivity (Wildman–Crippen MR) is 121 cm³/mol. The maximum atomic E-state index is 11.0. The number of carbonyl (C=O) groups excluding carboxylic acids is 1. The van der Waals surface area contributed by atoms with Crippen LogP contribution in [0.5, 0.6) is 5.75 Å². The molecule has 1 fully saturated rings. The summed E-state index contributed by atoms with van der Waals surface area (Å²) in [5.74, 6) is 1.16. The van der Waals surface area contributed by atoms with Gasteiger partial charge in [0.15, 0.2) is 5.96 Å². The summed E-state index contributed by atoms with van der Waals surface area (Å²) in [6.45, 7) is 4.98. The van der Waals surface area contributed by atoms with Gasteiger partial charge in [-0.25, -0.2) is 0 Å². The second-order valence-electron chi connectivity index (χ2n) is 6.67. The zero-order valence-corrected chi connectivity index (χ0v) is 18.9. The number of guanidine groups is 1. The van der Waals surface area contributed by atoms with Crippen LogP contribution in [0.25, 0.3) is 0 Å². The Morgan fingerprint density at radius 2 is 2.00 bits per heavy atom. The van der Waals surface area contributed by atoms with Crippen LogP contribution in [0.4, 0.5) is 0 Å². The van der Waals surface area contributed by atoms with Crippen LogP contribution in [-0.2, 0) is 4.79 Å². The molecular formula is C19H32IN5O3. The van der Waals surface area contributed by atoms with Crippen molar-refractivity contribution in [1.82, 2.24) is 15.5 Å². The SMILES string of the molecule is CCNC(=NCC(O)c1ccc(OC)cc1)NC1CCN(CC(N)=O)CC1.I. The number of benzene rings is 1. The van der Waals surface area contributed by atoms with Crippen molar-refractivity contribution in [3.8, 4) is 5.75 Å². The van der Waals surface area contributed by atoms with E-state index in [1.54, 1.807) is 7.11 Å². The number of nitrogens with zero attached hydrogens (tertiary/aromatic N) is 2. The van der Waals surface area contributed by atoms with E-state index in [0.717, 1.165) is 43.8 Å². The third-order valence-corrected chi connectivity index (χ3v) is 4.57. The van der Waals surface area contributed by atoms with Crippen LogP contribution in [-0.4, -0.2) is 67.7 Å². The topological polar surface area (TPSA) is 112 Å². The molecule has 1 atom stereocenters. The van der Waals surface area contributed by atoms with Gasteiger partial charge in [-0.2, -0.15) is 0 Å². The van der Waals surface area contributed by atoms with Crippen LogP contribution in [0.1, 0.15) is 31.4 Å². The molecule has 5 N–H and O–H groups in total. The van der Waals surface area contributed by atoms with Crippen molar-refractivity contribution in [3.63, 3.8) is 0 Å². The molecule has 9 heteroatoms. The van der Waals surface area contributed by atoms with E-state index in [1.165, 1.54) is 0 Å². The molecule has 0 spiro atoms. The lowest BCUT2D eigenvalue weighted by Crippen LogP contribution is -2.49. The van der Waals surface area contributed by atoms with Crippen LogP contribution in [0.2, 0.25) is 0 Å². The number of carbonyl (C=O) groups is 1. The number of halogens is 1. The summed E-state index contributed by atoms with van der Waals surface area (Å²) < 4.78 is 5.13. The lowest BCUT2D eigenvalue weighted by Gasteiger charge is -2.32. The minimum absolute atomic E-state index is 0. The number of ether oxygens (including phenoxy) is 1. The number of nitrogens with two attached hydrogens (primary N) is 1. The fourth-order valence-electron chi connectivity index (χ4n) is 3.08. The number of hydrogen-bond acceptors (Lipinski definition) is 5. The van der Waals surface area contributed by atoms with Crippen LogP contribution in [0.3, 0.4) is 0 Å². The van der Waals surface area contributed by atoms with E-state index < -0.39 is 6.10 Å². The molecule has 2 rings (SSSR count). The van der Waals surface area contributed by atoms with Gasteiger partial charge in [0.1, 0.15) is 5.75 Å². The quantitative estimate of drug-likeness (QED) is 0.237. The third-order valence-electron chi connectivity index (χ3n) is 4.57. The highest BCUT2D eigenvalue weighted by atomic mass is 127. The van der Waals surface area contributed by atoms with Gasteiger partial charge >= 0.3 is 0 Å². The molecule has 28 heavy (non-hydrogen) atoms. The molecule has 1 aliphatic heterocycles. The number of aliphatic hydroxyl groups excluding tert-OH is 1.